The van der Waals surface area contributed by atoms with Crippen molar-refractivity contribution in [2.24, 2.45) is 5.92 Å². The largest absolute Gasteiger partial charge is 0.480 e. The van der Waals surface area contributed by atoms with Crippen LogP contribution in [0.2, 0.25) is 0 Å². The molecule has 0 aromatic rings. The molecule has 5 nitrogen and oxygen atoms in total. The van der Waals surface area contributed by atoms with E-state index < -0.39 is 12.0 Å². The lowest BCUT2D eigenvalue weighted by Gasteiger charge is -2.34. The van der Waals surface area contributed by atoms with Gasteiger partial charge in [0.05, 0.1) is 0 Å². The van der Waals surface area contributed by atoms with E-state index in [0.29, 0.717) is 13.0 Å². The van der Waals surface area contributed by atoms with Crippen molar-refractivity contribution in [2.75, 3.05) is 18.1 Å². The third-order valence-corrected chi connectivity index (χ3v) is 4.12. The van der Waals surface area contributed by atoms with E-state index in [1.54, 1.807) is 4.90 Å². The smallest absolute Gasteiger partial charge is 0.326 e. The third kappa shape index (κ3) is 4.40. The average molecular weight is 274 g/mol. The number of carbonyl (C=O) groups excluding carboxylic acids is 1. The Labute approximate surface area is 112 Å². The van der Waals surface area contributed by atoms with Crippen molar-refractivity contribution in [1.29, 1.82) is 0 Å². The van der Waals surface area contributed by atoms with Crippen LogP contribution < -0.4 is 5.32 Å². The molecule has 1 rings (SSSR count). The maximum Gasteiger partial charge on any atom is 0.326 e. The Kier molecular flexibility index (Phi) is 5.78. The second-order valence-corrected chi connectivity index (χ2v) is 6.24. The fourth-order valence-electron chi connectivity index (χ4n) is 1.95. The number of nitrogens with zero attached hydrogens (tertiary/aromatic N) is 1. The van der Waals surface area contributed by atoms with E-state index in [0.717, 1.165) is 11.5 Å². The van der Waals surface area contributed by atoms with Gasteiger partial charge in [0.2, 0.25) is 0 Å². The monoisotopic (exact) mass is 274 g/mol. The predicted molar refractivity (Wildman–Crippen MR) is 72.9 cm³/mol. The molecule has 104 valence electrons. The Hall–Kier alpha value is -0.910. The Morgan fingerprint density at radius 1 is 1.50 bits per heavy atom. The van der Waals surface area contributed by atoms with Crippen molar-refractivity contribution < 1.29 is 14.7 Å². The number of carbonyl (C=O) groups is 2. The summed E-state index contributed by atoms with van der Waals surface area (Å²) in [5.41, 5.74) is 0. The lowest BCUT2D eigenvalue weighted by Crippen LogP contribution is -2.53. The van der Waals surface area contributed by atoms with Crippen LogP contribution >= 0.6 is 11.8 Å². The van der Waals surface area contributed by atoms with Gasteiger partial charge in [0, 0.05) is 24.1 Å². The molecular weight excluding hydrogens is 252 g/mol. The molecule has 2 N–H and O–H groups in total. The second kappa shape index (κ2) is 6.87. The molecule has 18 heavy (non-hydrogen) atoms. The van der Waals surface area contributed by atoms with E-state index >= 15 is 0 Å². The van der Waals surface area contributed by atoms with Crippen molar-refractivity contribution in [3.63, 3.8) is 0 Å². The quantitative estimate of drug-likeness (QED) is 0.817. The highest BCUT2D eigenvalue weighted by Gasteiger charge is 2.27. The zero-order valence-corrected chi connectivity index (χ0v) is 12.0. The number of hydrogen-bond acceptors (Lipinski definition) is 3. The van der Waals surface area contributed by atoms with Crippen LogP contribution in [0, 0.1) is 5.92 Å². The zero-order valence-electron chi connectivity index (χ0n) is 11.2. The Morgan fingerprint density at radius 2 is 2.17 bits per heavy atom. The maximum absolute atomic E-state index is 12.0. The lowest BCUT2D eigenvalue weighted by atomic mass is 10.0. The summed E-state index contributed by atoms with van der Waals surface area (Å²) in [6.45, 7) is 6.57. The topological polar surface area (TPSA) is 69.6 Å². The van der Waals surface area contributed by atoms with E-state index in [1.165, 1.54) is 0 Å². The van der Waals surface area contributed by atoms with Crippen molar-refractivity contribution in [1.82, 2.24) is 10.2 Å². The number of carboxylic acid groups (broad SMARTS) is 1. The van der Waals surface area contributed by atoms with Gasteiger partial charge >= 0.3 is 12.0 Å². The van der Waals surface area contributed by atoms with E-state index in [2.05, 4.69) is 5.32 Å². The molecule has 0 aliphatic carbocycles. The molecule has 1 unspecified atom stereocenters. The Morgan fingerprint density at radius 3 is 2.67 bits per heavy atom. The van der Waals surface area contributed by atoms with Crippen molar-refractivity contribution in [2.45, 2.75) is 39.3 Å². The van der Waals surface area contributed by atoms with Crippen LogP contribution in [-0.2, 0) is 4.79 Å². The minimum Gasteiger partial charge on any atom is -0.480 e. The van der Waals surface area contributed by atoms with E-state index in [-0.39, 0.29) is 18.0 Å². The molecule has 0 bridgehead atoms. The highest BCUT2D eigenvalue weighted by Crippen LogP contribution is 2.16. The summed E-state index contributed by atoms with van der Waals surface area (Å²) in [6.07, 6.45) is 0.456. The molecule has 2 amide bonds. The number of nitrogens with one attached hydrogen (secondary N) is 1. The SMILES string of the molecule is CC(C)C[C@H](NC(=O)N1CCSCC1C)C(=O)O. The van der Waals surface area contributed by atoms with Gasteiger partial charge in [0.15, 0.2) is 0 Å². The molecule has 0 aromatic heterocycles. The van der Waals surface area contributed by atoms with Gasteiger partial charge in [-0.3, -0.25) is 0 Å². The highest BCUT2D eigenvalue weighted by molar-refractivity contribution is 7.99. The minimum atomic E-state index is -0.962. The third-order valence-electron chi connectivity index (χ3n) is 2.93. The zero-order chi connectivity index (χ0) is 13.7. The fraction of sp³-hybridized carbons (Fsp3) is 0.833. The van der Waals surface area contributed by atoms with Crippen LogP contribution in [0.4, 0.5) is 4.79 Å². The summed E-state index contributed by atoms with van der Waals surface area (Å²) in [5, 5.41) is 11.7. The van der Waals surface area contributed by atoms with Gasteiger partial charge in [-0.15, -0.1) is 0 Å². The highest BCUT2D eigenvalue weighted by atomic mass is 32.2. The summed E-state index contributed by atoms with van der Waals surface area (Å²) in [7, 11) is 0. The molecule has 1 saturated heterocycles. The Balaban J connectivity index is 2.57. The van der Waals surface area contributed by atoms with Gasteiger partial charge in [0.1, 0.15) is 6.04 Å². The lowest BCUT2D eigenvalue weighted by molar-refractivity contribution is -0.139. The van der Waals surface area contributed by atoms with Gasteiger partial charge in [-0.1, -0.05) is 13.8 Å². The molecule has 0 aromatic carbocycles. The number of rotatable bonds is 4. The molecule has 0 spiro atoms. The van der Waals surface area contributed by atoms with Gasteiger partial charge in [-0.2, -0.15) is 11.8 Å². The van der Waals surface area contributed by atoms with Gasteiger partial charge in [-0.25, -0.2) is 9.59 Å². The second-order valence-electron chi connectivity index (χ2n) is 5.09. The van der Waals surface area contributed by atoms with E-state index in [9.17, 15) is 9.59 Å². The van der Waals surface area contributed by atoms with Gasteiger partial charge in [-0.05, 0) is 19.3 Å². The van der Waals surface area contributed by atoms with Crippen LogP contribution in [0.5, 0.6) is 0 Å². The van der Waals surface area contributed by atoms with Gasteiger partial charge < -0.3 is 15.3 Å². The van der Waals surface area contributed by atoms with Crippen molar-refractivity contribution >= 4 is 23.8 Å². The molecule has 1 aliphatic heterocycles. The van der Waals surface area contributed by atoms with E-state index in [4.69, 9.17) is 5.11 Å². The molecule has 0 radical (unpaired) electrons. The summed E-state index contributed by atoms with van der Waals surface area (Å²) in [4.78, 5) is 24.9. The summed E-state index contributed by atoms with van der Waals surface area (Å²) in [5.74, 6) is 1.10. The number of thioether (sulfide) groups is 1. The molecule has 2 atom stereocenters. The van der Waals surface area contributed by atoms with Gasteiger partial charge in [0.25, 0.3) is 0 Å². The molecular formula is C12H22N2O3S. The predicted octanol–water partition coefficient (Wildman–Crippen LogP) is 1.63. The first-order valence-electron chi connectivity index (χ1n) is 6.29. The molecule has 1 fully saturated rings. The maximum atomic E-state index is 12.0. The molecule has 6 heteroatoms. The number of aliphatic carboxylic acids is 1. The molecule has 1 aliphatic rings. The molecule has 1 heterocycles. The first kappa shape index (κ1) is 15.1. The fourth-order valence-corrected chi connectivity index (χ4v) is 2.97. The van der Waals surface area contributed by atoms with Crippen LogP contribution in [-0.4, -0.2) is 52.1 Å². The molecule has 0 saturated carbocycles. The number of urea groups is 1. The first-order valence-corrected chi connectivity index (χ1v) is 7.45. The van der Waals surface area contributed by atoms with Crippen LogP contribution in [0.25, 0.3) is 0 Å². The summed E-state index contributed by atoms with van der Waals surface area (Å²) in [6, 6.07) is -0.882. The van der Waals surface area contributed by atoms with Crippen LogP contribution in [0.15, 0.2) is 0 Å². The average Bonchev–Trinajstić information content (AvgIpc) is 2.27. The minimum absolute atomic E-state index is 0.164. The Bertz CT molecular complexity index is 310. The summed E-state index contributed by atoms with van der Waals surface area (Å²) < 4.78 is 0. The number of amides is 2. The number of carboxylic acids is 1. The number of hydrogen-bond donors (Lipinski definition) is 2. The van der Waals surface area contributed by atoms with Crippen LogP contribution in [0.3, 0.4) is 0 Å². The van der Waals surface area contributed by atoms with Crippen molar-refractivity contribution in [3.05, 3.63) is 0 Å². The summed E-state index contributed by atoms with van der Waals surface area (Å²) >= 11 is 1.82. The standard InChI is InChI=1S/C12H22N2O3S/c1-8(2)6-10(11(15)16)13-12(17)14-4-5-18-7-9(14)3/h8-10H,4-7H2,1-3H3,(H,13,17)(H,15,16)/t9?,10-/m0/s1. The normalized spacial score (nSPS) is 21.8. The van der Waals surface area contributed by atoms with Crippen molar-refractivity contribution in [3.8, 4) is 0 Å². The van der Waals surface area contributed by atoms with E-state index in [1.807, 2.05) is 32.5 Å². The van der Waals surface area contributed by atoms with Crippen LogP contribution in [0.1, 0.15) is 27.2 Å². The first-order chi connectivity index (χ1) is 8.41.